The highest BCUT2D eigenvalue weighted by molar-refractivity contribution is 7.79. The van der Waals surface area contributed by atoms with E-state index in [9.17, 15) is 0 Å². The molecule has 0 spiro atoms. The molecule has 0 fully saturated rings. The fraction of sp³-hybridized carbons (Fsp3) is 0.100. The van der Waals surface area contributed by atoms with Crippen molar-refractivity contribution in [1.29, 1.82) is 0 Å². The van der Waals surface area contributed by atoms with Crippen LogP contribution in [0.4, 0.5) is 0 Å². The van der Waals surface area contributed by atoms with Gasteiger partial charge in [-0.25, -0.2) is 0 Å². The summed E-state index contributed by atoms with van der Waals surface area (Å²) < 4.78 is 5.14. The van der Waals surface area contributed by atoms with Crippen molar-refractivity contribution in [3.63, 3.8) is 0 Å². The van der Waals surface area contributed by atoms with Crippen molar-refractivity contribution < 1.29 is 4.52 Å². The van der Waals surface area contributed by atoms with Crippen molar-refractivity contribution in [2.45, 2.75) is 5.75 Å². The quantitative estimate of drug-likeness (QED) is 0.793. The second kappa shape index (κ2) is 4.07. The van der Waals surface area contributed by atoms with Gasteiger partial charge in [0.15, 0.2) is 5.76 Å². The molecule has 0 amide bonds. The summed E-state index contributed by atoms with van der Waals surface area (Å²) in [5.74, 6) is 1.29. The van der Waals surface area contributed by atoms with Gasteiger partial charge in [0.25, 0.3) is 0 Å². The van der Waals surface area contributed by atoms with E-state index >= 15 is 0 Å². The van der Waals surface area contributed by atoms with Crippen LogP contribution in [0.25, 0.3) is 11.3 Å². The Morgan fingerprint density at radius 1 is 1.36 bits per heavy atom. The number of nitrogens with zero attached hydrogens (tertiary/aromatic N) is 1. The molecule has 0 aliphatic carbocycles. The lowest BCUT2D eigenvalue weighted by Crippen LogP contribution is -1.73. The van der Waals surface area contributed by atoms with Crippen molar-refractivity contribution in [3.05, 3.63) is 41.0 Å². The Labute approximate surface area is 92.3 Å². The molecule has 2 nitrogen and oxygen atoms in total. The molecule has 14 heavy (non-hydrogen) atoms. The summed E-state index contributed by atoms with van der Waals surface area (Å²) in [7, 11) is 0. The normalized spacial score (nSPS) is 10.4. The first-order valence-electron chi connectivity index (χ1n) is 4.12. The van der Waals surface area contributed by atoms with E-state index in [0.717, 1.165) is 17.0 Å². The Hall–Kier alpha value is -0.930. The van der Waals surface area contributed by atoms with Crippen molar-refractivity contribution in [1.82, 2.24) is 5.16 Å². The second-order valence-electron chi connectivity index (χ2n) is 2.85. The van der Waals surface area contributed by atoms with Crippen LogP contribution < -0.4 is 0 Å². The number of hydrogen-bond acceptors (Lipinski definition) is 3. The summed E-state index contributed by atoms with van der Waals surface area (Å²) in [4.78, 5) is 0. The zero-order chi connectivity index (χ0) is 9.97. The van der Waals surface area contributed by atoms with Gasteiger partial charge in [0.1, 0.15) is 0 Å². The molecule has 2 aromatic rings. The second-order valence-corrected chi connectivity index (χ2v) is 3.60. The van der Waals surface area contributed by atoms with Gasteiger partial charge in [-0.3, -0.25) is 0 Å². The minimum Gasteiger partial charge on any atom is -0.356 e. The fourth-order valence-electron chi connectivity index (χ4n) is 1.16. The Kier molecular flexibility index (Phi) is 2.79. The lowest BCUT2D eigenvalue weighted by molar-refractivity contribution is 0.426. The maximum atomic E-state index is 5.86. The number of hydrogen-bond donors (Lipinski definition) is 1. The molecule has 0 aliphatic rings. The van der Waals surface area contributed by atoms with Gasteiger partial charge in [-0.05, 0) is 12.1 Å². The third-order valence-electron chi connectivity index (χ3n) is 1.83. The minimum absolute atomic E-state index is 0.573. The van der Waals surface area contributed by atoms with E-state index in [-0.39, 0.29) is 0 Å². The molecule has 0 radical (unpaired) electrons. The monoisotopic (exact) mass is 225 g/mol. The predicted octanol–water partition coefficient (Wildman–Crippen LogP) is 3.42. The highest BCUT2D eigenvalue weighted by Gasteiger charge is 2.05. The molecule has 1 heterocycles. The van der Waals surface area contributed by atoms with Gasteiger partial charge >= 0.3 is 0 Å². The van der Waals surface area contributed by atoms with Crippen LogP contribution in [-0.2, 0) is 5.75 Å². The van der Waals surface area contributed by atoms with Crippen LogP contribution in [0.1, 0.15) is 5.69 Å². The van der Waals surface area contributed by atoms with Gasteiger partial charge < -0.3 is 4.52 Å². The predicted molar refractivity (Wildman–Crippen MR) is 59.6 cm³/mol. The molecule has 2 rings (SSSR count). The van der Waals surface area contributed by atoms with E-state index < -0.39 is 0 Å². The third-order valence-corrected chi connectivity index (χ3v) is 2.39. The summed E-state index contributed by atoms with van der Waals surface area (Å²) in [5.41, 5.74) is 1.75. The molecule has 0 aliphatic heterocycles. The molecule has 4 heteroatoms. The Balaban J connectivity index is 2.39. The zero-order valence-electron chi connectivity index (χ0n) is 7.27. The maximum absolute atomic E-state index is 5.86. The first kappa shape index (κ1) is 9.62. The van der Waals surface area contributed by atoms with Gasteiger partial charge in [0.2, 0.25) is 0 Å². The van der Waals surface area contributed by atoms with Gasteiger partial charge in [-0.15, -0.1) is 0 Å². The molecule has 0 saturated heterocycles. The average molecular weight is 226 g/mol. The van der Waals surface area contributed by atoms with Crippen LogP contribution >= 0.6 is 24.2 Å². The van der Waals surface area contributed by atoms with Gasteiger partial charge in [-0.2, -0.15) is 12.6 Å². The lowest BCUT2D eigenvalue weighted by Gasteiger charge is -1.94. The Bertz CT molecular complexity index is 441. The Morgan fingerprint density at radius 2 is 2.21 bits per heavy atom. The number of rotatable bonds is 2. The molecule has 0 N–H and O–H groups in total. The molecule has 0 atom stereocenters. The van der Waals surface area contributed by atoms with Crippen LogP contribution in [-0.4, -0.2) is 5.16 Å². The summed E-state index contributed by atoms with van der Waals surface area (Å²) >= 11 is 9.97. The lowest BCUT2D eigenvalue weighted by atomic mass is 10.2. The van der Waals surface area contributed by atoms with Crippen LogP contribution in [0, 0.1) is 0 Å². The highest BCUT2D eigenvalue weighted by atomic mass is 35.5. The van der Waals surface area contributed by atoms with Crippen molar-refractivity contribution >= 4 is 24.2 Å². The van der Waals surface area contributed by atoms with E-state index in [1.165, 1.54) is 0 Å². The van der Waals surface area contributed by atoms with Crippen LogP contribution in [0.2, 0.25) is 5.02 Å². The maximum Gasteiger partial charge on any atom is 0.167 e. The third kappa shape index (κ3) is 1.94. The molecular formula is C10H8ClNOS. The van der Waals surface area contributed by atoms with Crippen molar-refractivity contribution in [3.8, 4) is 11.3 Å². The van der Waals surface area contributed by atoms with E-state index in [1.54, 1.807) is 0 Å². The minimum atomic E-state index is 0.573. The molecule has 0 bridgehead atoms. The van der Waals surface area contributed by atoms with E-state index in [0.29, 0.717) is 10.8 Å². The van der Waals surface area contributed by atoms with Crippen molar-refractivity contribution in [2.24, 2.45) is 0 Å². The summed E-state index contributed by atoms with van der Waals surface area (Å²) in [6, 6.07) is 9.32. The SMILES string of the molecule is SCc1cc(-c2cccc(Cl)c2)on1. The van der Waals surface area contributed by atoms with Crippen LogP contribution in [0.3, 0.4) is 0 Å². The molecule has 0 unspecified atom stereocenters. The standard InChI is InChI=1S/C10H8ClNOS/c11-8-3-1-2-7(4-8)10-5-9(6-14)12-13-10/h1-5,14H,6H2. The largest absolute Gasteiger partial charge is 0.356 e. The number of halogens is 1. The summed E-state index contributed by atoms with van der Waals surface area (Å²) in [6.45, 7) is 0. The van der Waals surface area contributed by atoms with Gasteiger partial charge in [-0.1, -0.05) is 28.9 Å². The van der Waals surface area contributed by atoms with E-state index in [4.69, 9.17) is 16.1 Å². The van der Waals surface area contributed by atoms with Crippen LogP contribution in [0.15, 0.2) is 34.9 Å². The van der Waals surface area contributed by atoms with Crippen LogP contribution in [0.5, 0.6) is 0 Å². The smallest absolute Gasteiger partial charge is 0.167 e. The highest BCUT2D eigenvalue weighted by Crippen LogP contribution is 2.23. The fourth-order valence-corrected chi connectivity index (χ4v) is 1.50. The Morgan fingerprint density at radius 3 is 2.86 bits per heavy atom. The summed E-state index contributed by atoms with van der Waals surface area (Å²) in [5, 5.41) is 4.53. The number of aromatic nitrogens is 1. The molecule has 1 aromatic carbocycles. The van der Waals surface area contributed by atoms with Crippen molar-refractivity contribution in [2.75, 3.05) is 0 Å². The van der Waals surface area contributed by atoms with E-state index in [2.05, 4.69) is 17.8 Å². The molecular weight excluding hydrogens is 218 g/mol. The first-order chi connectivity index (χ1) is 6.79. The van der Waals surface area contributed by atoms with Gasteiger partial charge in [0, 0.05) is 22.4 Å². The number of benzene rings is 1. The van der Waals surface area contributed by atoms with E-state index in [1.807, 2.05) is 30.3 Å². The van der Waals surface area contributed by atoms with Gasteiger partial charge in [0.05, 0.1) is 5.69 Å². The number of thiol groups is 1. The zero-order valence-corrected chi connectivity index (χ0v) is 8.92. The molecule has 72 valence electrons. The molecule has 0 saturated carbocycles. The average Bonchev–Trinajstić information content (AvgIpc) is 2.66. The summed E-state index contributed by atoms with van der Waals surface area (Å²) in [6.07, 6.45) is 0. The topological polar surface area (TPSA) is 26.0 Å². The molecule has 1 aromatic heterocycles. The first-order valence-corrected chi connectivity index (χ1v) is 5.13.